The van der Waals surface area contributed by atoms with E-state index in [1.807, 2.05) is 0 Å². The lowest BCUT2D eigenvalue weighted by Crippen LogP contribution is -2.33. The highest BCUT2D eigenvalue weighted by Crippen LogP contribution is 2.26. The molecule has 86 valence electrons. The minimum absolute atomic E-state index is 0.226. The van der Waals surface area contributed by atoms with E-state index in [0.29, 0.717) is 12.3 Å². The van der Waals surface area contributed by atoms with Crippen LogP contribution >= 0.6 is 0 Å². The molecule has 1 aromatic rings. The average molecular weight is 232 g/mol. The third-order valence-electron chi connectivity index (χ3n) is 1.94. The number of carbonyl (C=O) groups is 1. The van der Waals surface area contributed by atoms with Gasteiger partial charge in [0.15, 0.2) is 0 Å². The molecule has 3 nitrogen and oxygen atoms in total. The van der Waals surface area contributed by atoms with Gasteiger partial charge in [-0.25, -0.2) is 0 Å². The Hall–Kier alpha value is -1.98. The summed E-state index contributed by atoms with van der Waals surface area (Å²) in [5, 5.41) is 16.6. The number of aldehydes is 1. The summed E-state index contributed by atoms with van der Waals surface area (Å²) in [6, 6.07) is 1.63. The summed E-state index contributed by atoms with van der Waals surface area (Å²) in [4.78, 5) is 10.4. The molecule has 1 aromatic carbocycles. The van der Waals surface area contributed by atoms with Crippen molar-refractivity contribution in [2.45, 2.75) is 6.18 Å². The van der Waals surface area contributed by atoms with Crippen molar-refractivity contribution in [3.05, 3.63) is 33.7 Å². The smallest absolute Gasteiger partial charge is 0.417 e. The second-order valence-corrected chi connectivity index (χ2v) is 2.95. The van der Waals surface area contributed by atoms with Gasteiger partial charge in [0, 0.05) is 16.0 Å². The minimum atomic E-state index is -4.72. The summed E-state index contributed by atoms with van der Waals surface area (Å²) in [5.74, 6) is 0. The van der Waals surface area contributed by atoms with Crippen molar-refractivity contribution in [3.63, 3.8) is 0 Å². The second-order valence-electron chi connectivity index (χ2n) is 2.95. The lowest BCUT2D eigenvalue weighted by atomic mass is 10.1. The Bertz CT molecular complexity index is 517. The number of carbonyl (C=O) groups excluding carboxylic acids is 1. The Labute approximate surface area is 87.8 Å². The Morgan fingerprint density at radius 1 is 1.12 bits per heavy atom. The maximum atomic E-state index is 12.5. The fourth-order valence-electron chi connectivity index (χ4n) is 1.25. The van der Waals surface area contributed by atoms with Gasteiger partial charge in [-0.2, -0.15) is 13.2 Å². The van der Waals surface area contributed by atoms with Gasteiger partial charge in [0.2, 0.25) is 0 Å². The number of hydrogen-bond acceptors (Lipinski definition) is 3. The molecule has 0 aliphatic heterocycles. The molecule has 0 aliphatic carbocycles. The number of benzene rings is 1. The van der Waals surface area contributed by atoms with Crippen LogP contribution in [-0.2, 0) is 6.18 Å². The van der Waals surface area contributed by atoms with Crippen molar-refractivity contribution in [3.8, 4) is 0 Å². The molecule has 2 N–H and O–H groups in total. The number of alkyl halides is 3. The third-order valence-corrected chi connectivity index (χ3v) is 1.94. The van der Waals surface area contributed by atoms with Crippen molar-refractivity contribution < 1.29 is 28.2 Å². The van der Waals surface area contributed by atoms with Crippen LogP contribution in [-0.4, -0.2) is 16.5 Å². The van der Waals surface area contributed by atoms with E-state index in [1.54, 1.807) is 0 Å². The van der Waals surface area contributed by atoms with E-state index in [2.05, 4.69) is 0 Å². The number of aliphatic hydroxyl groups is 2. The van der Waals surface area contributed by atoms with Crippen LogP contribution in [0.4, 0.5) is 13.2 Å². The first-order valence-electron chi connectivity index (χ1n) is 4.09. The van der Waals surface area contributed by atoms with Gasteiger partial charge in [-0.15, -0.1) is 0 Å². The molecule has 0 aliphatic rings. The molecule has 0 heterocycles. The van der Waals surface area contributed by atoms with Crippen LogP contribution in [0.3, 0.4) is 0 Å². The molecule has 0 saturated carbocycles. The van der Waals surface area contributed by atoms with Crippen molar-refractivity contribution in [2.75, 3.05) is 0 Å². The minimum Gasteiger partial charge on any atom is -0.515 e. The first-order valence-corrected chi connectivity index (χ1v) is 4.09. The highest BCUT2D eigenvalue weighted by molar-refractivity contribution is 5.75. The Kier molecular flexibility index (Phi) is 3.22. The average Bonchev–Trinajstić information content (AvgIpc) is 2.25. The molecule has 0 saturated heterocycles. The molecule has 6 heteroatoms. The van der Waals surface area contributed by atoms with Crippen LogP contribution in [0.25, 0.3) is 12.5 Å². The fraction of sp³-hybridized carbons (Fsp3) is 0.100. The molecule has 0 fully saturated rings. The van der Waals surface area contributed by atoms with E-state index < -0.39 is 17.0 Å². The van der Waals surface area contributed by atoms with E-state index >= 15 is 0 Å². The van der Waals surface area contributed by atoms with Crippen molar-refractivity contribution in [1.29, 1.82) is 0 Å². The molecule has 1 rings (SSSR count). The van der Waals surface area contributed by atoms with Crippen LogP contribution in [0.15, 0.2) is 12.1 Å². The molecular weight excluding hydrogens is 225 g/mol. The van der Waals surface area contributed by atoms with Crippen LogP contribution in [0, 0.1) is 0 Å². The molecule has 0 bridgehead atoms. The highest BCUT2D eigenvalue weighted by Gasteiger charge is 2.32. The van der Waals surface area contributed by atoms with Gasteiger partial charge in [-0.05, 0) is 12.1 Å². The number of hydrogen-bond donors (Lipinski definition) is 2. The zero-order valence-electron chi connectivity index (χ0n) is 7.82. The van der Waals surface area contributed by atoms with Gasteiger partial charge in [0.25, 0.3) is 0 Å². The van der Waals surface area contributed by atoms with Gasteiger partial charge in [0.05, 0.1) is 18.1 Å². The maximum Gasteiger partial charge on any atom is 0.417 e. The summed E-state index contributed by atoms with van der Waals surface area (Å²) < 4.78 is 37.6. The molecule has 0 aromatic heterocycles. The zero-order chi connectivity index (χ0) is 12.3. The zero-order valence-corrected chi connectivity index (χ0v) is 7.82. The molecule has 0 amide bonds. The van der Waals surface area contributed by atoms with Gasteiger partial charge in [-0.1, -0.05) is 0 Å². The number of aliphatic hydroxyl groups excluding tert-OH is 2. The van der Waals surface area contributed by atoms with Crippen LogP contribution in [0.2, 0.25) is 0 Å². The van der Waals surface area contributed by atoms with Crippen molar-refractivity contribution in [1.82, 2.24) is 0 Å². The summed E-state index contributed by atoms with van der Waals surface area (Å²) in [6.07, 6.45) is -3.86. The van der Waals surface area contributed by atoms with E-state index in [0.717, 1.165) is 6.07 Å². The van der Waals surface area contributed by atoms with Crippen LogP contribution < -0.4 is 10.4 Å². The number of halogens is 3. The largest absolute Gasteiger partial charge is 0.515 e. The summed E-state index contributed by atoms with van der Waals surface area (Å²) in [7, 11) is 0. The van der Waals surface area contributed by atoms with E-state index in [4.69, 9.17) is 10.2 Å². The normalized spacial score (nSPS) is 14.2. The Morgan fingerprint density at radius 3 is 2.12 bits per heavy atom. The lowest BCUT2D eigenvalue weighted by Gasteiger charge is -2.08. The molecule has 0 atom stereocenters. The highest BCUT2D eigenvalue weighted by atomic mass is 19.4. The van der Waals surface area contributed by atoms with E-state index in [1.165, 1.54) is 0 Å². The van der Waals surface area contributed by atoms with Gasteiger partial charge in [-0.3, -0.25) is 4.79 Å². The second kappa shape index (κ2) is 4.26. The van der Waals surface area contributed by atoms with Crippen LogP contribution in [0.1, 0.15) is 15.9 Å². The number of rotatable bonds is 1. The van der Waals surface area contributed by atoms with Crippen molar-refractivity contribution >= 4 is 18.8 Å². The van der Waals surface area contributed by atoms with E-state index in [-0.39, 0.29) is 23.3 Å². The molecule has 0 spiro atoms. The van der Waals surface area contributed by atoms with Gasteiger partial charge in [0.1, 0.15) is 6.29 Å². The monoisotopic (exact) mass is 232 g/mol. The lowest BCUT2D eigenvalue weighted by molar-refractivity contribution is -0.138. The van der Waals surface area contributed by atoms with Gasteiger partial charge < -0.3 is 10.2 Å². The predicted molar refractivity (Wildman–Crippen MR) is 50.3 cm³/mol. The molecule has 16 heavy (non-hydrogen) atoms. The summed E-state index contributed by atoms with van der Waals surface area (Å²) in [6.45, 7) is 0. The third kappa shape index (κ3) is 2.16. The summed E-state index contributed by atoms with van der Waals surface area (Å²) in [5.41, 5.74) is -1.42. The van der Waals surface area contributed by atoms with E-state index in [9.17, 15) is 18.0 Å². The molecular formula is C10H7F3O3. The van der Waals surface area contributed by atoms with Gasteiger partial charge >= 0.3 is 6.18 Å². The quantitative estimate of drug-likeness (QED) is 0.713. The molecule has 0 unspecified atom stereocenters. The first-order chi connectivity index (χ1) is 7.43. The Morgan fingerprint density at radius 2 is 1.75 bits per heavy atom. The fourth-order valence-corrected chi connectivity index (χ4v) is 1.25. The summed E-state index contributed by atoms with van der Waals surface area (Å²) >= 11 is 0. The maximum absolute atomic E-state index is 12.5. The topological polar surface area (TPSA) is 57.5 Å². The standard InChI is InChI=1S/C10H7F3O3/c11-10(12,13)9-2-6(3-14)1-7(4-15)8(9)5-16/h1-5,15-16H. The SMILES string of the molecule is O=Cc1cc(C(F)(F)F)c(=CO)c(=CO)c1. The predicted octanol–water partition coefficient (Wildman–Crippen LogP) is 1.11. The van der Waals surface area contributed by atoms with Crippen molar-refractivity contribution in [2.24, 2.45) is 0 Å². The Balaban J connectivity index is 3.79. The van der Waals surface area contributed by atoms with Crippen LogP contribution in [0.5, 0.6) is 0 Å². The molecule has 0 radical (unpaired) electrons. The first kappa shape index (κ1) is 12.1.